The summed E-state index contributed by atoms with van der Waals surface area (Å²) in [5.41, 5.74) is 6.25. The van der Waals surface area contributed by atoms with Crippen molar-refractivity contribution in [1.29, 1.82) is 0 Å². The fourth-order valence-electron chi connectivity index (χ4n) is 4.29. The van der Waals surface area contributed by atoms with Crippen molar-refractivity contribution in [2.75, 3.05) is 39.4 Å². The Morgan fingerprint density at radius 2 is 2.15 bits per heavy atom. The van der Waals surface area contributed by atoms with Crippen LogP contribution in [0.5, 0.6) is 0 Å². The summed E-state index contributed by atoms with van der Waals surface area (Å²) in [4.78, 5) is 28.3. The van der Waals surface area contributed by atoms with E-state index in [0.29, 0.717) is 26.2 Å². The van der Waals surface area contributed by atoms with Crippen LogP contribution >= 0.6 is 11.3 Å². The molecule has 2 saturated heterocycles. The predicted octanol–water partition coefficient (Wildman–Crippen LogP) is 1.01. The van der Waals surface area contributed by atoms with Gasteiger partial charge in [-0.1, -0.05) is 0 Å². The third-order valence-electron chi connectivity index (χ3n) is 5.84. The van der Waals surface area contributed by atoms with Crippen LogP contribution in [0.1, 0.15) is 45.8 Å². The van der Waals surface area contributed by atoms with Crippen LogP contribution in [0.4, 0.5) is 0 Å². The minimum absolute atomic E-state index is 0.0135. The van der Waals surface area contributed by atoms with Crippen LogP contribution in [0.3, 0.4) is 0 Å². The fraction of sp³-hybridized carbons (Fsp3) is 0.684. The molecule has 1 spiro atoms. The minimum Gasteiger partial charge on any atom is -0.376 e. The van der Waals surface area contributed by atoms with Gasteiger partial charge in [-0.25, -0.2) is 0 Å². The molecule has 4 heterocycles. The van der Waals surface area contributed by atoms with Gasteiger partial charge in [-0.05, 0) is 37.3 Å². The number of ether oxygens (including phenoxy) is 2. The average Bonchev–Trinajstić information content (AvgIpc) is 3.36. The van der Waals surface area contributed by atoms with Crippen LogP contribution in [-0.2, 0) is 26.3 Å². The quantitative estimate of drug-likeness (QED) is 0.796. The Morgan fingerprint density at radius 3 is 2.85 bits per heavy atom. The Morgan fingerprint density at radius 1 is 1.33 bits per heavy atom. The van der Waals surface area contributed by atoms with Crippen LogP contribution in [0.15, 0.2) is 6.07 Å². The molecule has 0 bridgehead atoms. The third-order valence-corrected chi connectivity index (χ3v) is 7.04. The Labute approximate surface area is 163 Å². The Bertz CT molecular complexity index is 706. The fourth-order valence-corrected chi connectivity index (χ4v) is 5.44. The zero-order valence-electron chi connectivity index (χ0n) is 15.5. The number of hydrogen-bond acceptors (Lipinski definition) is 6. The largest absolute Gasteiger partial charge is 0.376 e. The Kier molecular flexibility index (Phi) is 5.50. The van der Waals surface area contributed by atoms with Gasteiger partial charge in [0.05, 0.1) is 29.7 Å². The first-order valence-corrected chi connectivity index (χ1v) is 10.6. The second-order valence-corrected chi connectivity index (χ2v) is 8.61. The van der Waals surface area contributed by atoms with Crippen LogP contribution < -0.4 is 11.1 Å². The summed E-state index contributed by atoms with van der Waals surface area (Å²) in [7, 11) is 0. The van der Waals surface area contributed by atoms with Crippen molar-refractivity contribution in [1.82, 2.24) is 10.2 Å². The third kappa shape index (κ3) is 3.76. The maximum atomic E-state index is 12.6. The molecule has 1 atom stereocenters. The lowest BCUT2D eigenvalue weighted by Crippen LogP contribution is -2.49. The molecule has 27 heavy (non-hydrogen) atoms. The van der Waals surface area contributed by atoms with Crippen LogP contribution in [0.2, 0.25) is 0 Å². The molecule has 3 aliphatic heterocycles. The number of nitrogens with zero attached hydrogens (tertiary/aromatic N) is 1. The van der Waals surface area contributed by atoms with Gasteiger partial charge in [0.15, 0.2) is 0 Å². The first-order chi connectivity index (χ1) is 13.1. The molecule has 0 unspecified atom stereocenters. The van der Waals surface area contributed by atoms with E-state index >= 15 is 0 Å². The molecule has 8 heteroatoms. The molecular formula is C19H27N3O4S. The molecule has 4 rings (SSSR count). The van der Waals surface area contributed by atoms with Crippen molar-refractivity contribution < 1.29 is 19.1 Å². The number of hydrogen-bond donors (Lipinski definition) is 2. The highest BCUT2D eigenvalue weighted by Crippen LogP contribution is 2.44. The van der Waals surface area contributed by atoms with E-state index in [1.807, 2.05) is 11.0 Å². The Balaban J connectivity index is 1.45. The van der Waals surface area contributed by atoms with Crippen molar-refractivity contribution in [3.63, 3.8) is 0 Å². The minimum atomic E-state index is -0.372. The maximum absolute atomic E-state index is 12.6. The van der Waals surface area contributed by atoms with Crippen molar-refractivity contribution in [2.45, 2.75) is 43.8 Å². The smallest absolute Gasteiger partial charge is 0.261 e. The SMILES string of the molecule is NCC(=O)N1CCC2(CC1)OCCc1sc(C(=O)NC[C@@H]3CCCO3)cc12. The van der Waals surface area contributed by atoms with Crippen LogP contribution in [0.25, 0.3) is 0 Å². The number of fused-ring (bicyclic) bond motifs is 2. The molecule has 1 aromatic heterocycles. The number of piperidine rings is 1. The summed E-state index contributed by atoms with van der Waals surface area (Å²) in [6.45, 7) is 3.36. The van der Waals surface area contributed by atoms with E-state index in [0.717, 1.165) is 49.2 Å². The van der Waals surface area contributed by atoms with Gasteiger partial charge in [0, 0.05) is 37.5 Å². The number of carbonyl (C=O) groups is 2. The molecule has 2 amide bonds. The highest BCUT2D eigenvalue weighted by Gasteiger charge is 2.43. The second-order valence-electron chi connectivity index (χ2n) is 7.47. The van der Waals surface area contributed by atoms with Gasteiger partial charge in [0.2, 0.25) is 5.91 Å². The average molecular weight is 394 g/mol. The van der Waals surface area contributed by atoms with E-state index in [9.17, 15) is 9.59 Å². The van der Waals surface area contributed by atoms with Crippen molar-refractivity contribution in [2.24, 2.45) is 5.73 Å². The zero-order valence-corrected chi connectivity index (χ0v) is 16.3. The van der Waals surface area contributed by atoms with Gasteiger partial charge in [0.1, 0.15) is 0 Å². The molecule has 3 N–H and O–H groups in total. The van der Waals surface area contributed by atoms with Gasteiger partial charge in [-0.15, -0.1) is 11.3 Å². The van der Waals surface area contributed by atoms with E-state index in [1.165, 1.54) is 4.88 Å². The number of thiophene rings is 1. The van der Waals surface area contributed by atoms with Crippen LogP contribution in [-0.4, -0.2) is 62.2 Å². The van der Waals surface area contributed by atoms with E-state index < -0.39 is 0 Å². The molecule has 0 saturated carbocycles. The molecule has 0 aliphatic carbocycles. The number of rotatable bonds is 4. The van der Waals surface area contributed by atoms with Crippen molar-refractivity contribution in [3.05, 3.63) is 21.4 Å². The van der Waals surface area contributed by atoms with Crippen LogP contribution in [0, 0.1) is 0 Å². The summed E-state index contributed by atoms with van der Waals surface area (Å²) < 4.78 is 11.8. The highest BCUT2D eigenvalue weighted by molar-refractivity contribution is 7.14. The number of carbonyl (C=O) groups excluding carboxylic acids is 2. The molecule has 0 radical (unpaired) electrons. The number of nitrogens with one attached hydrogen (secondary N) is 1. The summed E-state index contributed by atoms with van der Waals surface area (Å²) in [5.74, 6) is -0.0452. The van der Waals surface area contributed by atoms with E-state index in [-0.39, 0.29) is 30.1 Å². The van der Waals surface area contributed by atoms with E-state index in [1.54, 1.807) is 11.3 Å². The molecule has 148 valence electrons. The molecule has 3 aliphatic rings. The van der Waals surface area contributed by atoms with E-state index in [4.69, 9.17) is 15.2 Å². The topological polar surface area (TPSA) is 93.9 Å². The van der Waals surface area contributed by atoms with Gasteiger partial charge >= 0.3 is 0 Å². The summed E-state index contributed by atoms with van der Waals surface area (Å²) >= 11 is 1.57. The predicted molar refractivity (Wildman–Crippen MR) is 102 cm³/mol. The monoisotopic (exact) mass is 393 g/mol. The summed E-state index contributed by atoms with van der Waals surface area (Å²) in [5, 5.41) is 3.01. The molecular weight excluding hydrogens is 366 g/mol. The van der Waals surface area contributed by atoms with Gasteiger partial charge in [-0.2, -0.15) is 0 Å². The lowest BCUT2D eigenvalue weighted by Gasteiger charge is -2.44. The molecule has 1 aromatic rings. The van der Waals surface area contributed by atoms with E-state index in [2.05, 4.69) is 5.32 Å². The van der Waals surface area contributed by atoms with Gasteiger partial charge in [0.25, 0.3) is 5.91 Å². The number of likely N-dealkylation sites (tertiary alicyclic amines) is 1. The first-order valence-electron chi connectivity index (χ1n) is 9.76. The lowest BCUT2D eigenvalue weighted by atomic mass is 9.82. The summed E-state index contributed by atoms with van der Waals surface area (Å²) in [6.07, 6.45) is 4.56. The highest BCUT2D eigenvalue weighted by atomic mass is 32.1. The maximum Gasteiger partial charge on any atom is 0.261 e. The first kappa shape index (κ1) is 18.9. The summed E-state index contributed by atoms with van der Waals surface area (Å²) in [6, 6.07) is 2.00. The van der Waals surface area contributed by atoms with Gasteiger partial charge in [-0.3, -0.25) is 9.59 Å². The molecule has 7 nitrogen and oxygen atoms in total. The van der Waals surface area contributed by atoms with Gasteiger partial charge < -0.3 is 25.4 Å². The zero-order chi connectivity index (χ0) is 18.9. The normalized spacial score (nSPS) is 24.0. The molecule has 2 fully saturated rings. The van der Waals surface area contributed by atoms with Crippen molar-refractivity contribution in [3.8, 4) is 0 Å². The standard InChI is InChI=1S/C19H27N3O4S/c20-11-17(23)22-6-4-19(5-7-22)14-10-16(27-15(14)3-9-26-19)18(24)21-12-13-2-1-8-25-13/h10,13H,1-9,11-12,20H2,(H,21,24)/t13-/m0/s1. The second kappa shape index (κ2) is 7.87. The lowest BCUT2D eigenvalue weighted by molar-refractivity contribution is -0.139. The van der Waals surface area contributed by atoms with Crippen molar-refractivity contribution >= 4 is 23.2 Å². The molecule has 0 aromatic carbocycles. The number of amides is 2. The number of nitrogens with two attached hydrogens (primary N) is 1. The Hall–Kier alpha value is -1.48.